The summed E-state index contributed by atoms with van der Waals surface area (Å²) in [7, 11) is 0. The SMILES string of the molecule is CC(C)(C)OC(=O)NCCOCCOCCN(CCOCCN)C(=O)OC(C)(C)C. The zero-order valence-corrected chi connectivity index (χ0v) is 19.5. The maximum Gasteiger partial charge on any atom is 0.410 e. The Hall–Kier alpha value is -1.62. The van der Waals surface area contributed by atoms with Crippen LogP contribution >= 0.6 is 0 Å². The van der Waals surface area contributed by atoms with Gasteiger partial charge in [0.25, 0.3) is 0 Å². The van der Waals surface area contributed by atoms with Gasteiger partial charge in [-0.2, -0.15) is 0 Å². The number of carbonyl (C=O) groups is 2. The van der Waals surface area contributed by atoms with Crippen LogP contribution in [0.15, 0.2) is 0 Å². The summed E-state index contributed by atoms with van der Waals surface area (Å²) in [5.74, 6) is 0. The second-order valence-corrected chi connectivity index (χ2v) is 8.52. The van der Waals surface area contributed by atoms with Crippen molar-refractivity contribution >= 4 is 12.2 Å². The average Bonchev–Trinajstić information content (AvgIpc) is 2.58. The number of hydrogen-bond donors (Lipinski definition) is 2. The molecule has 0 aromatic rings. The van der Waals surface area contributed by atoms with Crippen LogP contribution in [0.2, 0.25) is 0 Å². The zero-order valence-electron chi connectivity index (χ0n) is 19.5. The Morgan fingerprint density at radius 3 is 1.77 bits per heavy atom. The van der Waals surface area contributed by atoms with Crippen LogP contribution in [0.5, 0.6) is 0 Å². The lowest BCUT2D eigenvalue weighted by atomic mass is 10.2. The lowest BCUT2D eigenvalue weighted by molar-refractivity contribution is 0.00416. The van der Waals surface area contributed by atoms with E-state index in [4.69, 9.17) is 29.4 Å². The van der Waals surface area contributed by atoms with Gasteiger partial charge < -0.3 is 39.6 Å². The smallest absolute Gasteiger partial charge is 0.410 e. The van der Waals surface area contributed by atoms with Crippen LogP contribution in [0, 0.1) is 0 Å². The van der Waals surface area contributed by atoms with E-state index in [2.05, 4.69) is 5.32 Å². The van der Waals surface area contributed by atoms with Crippen molar-refractivity contribution in [1.82, 2.24) is 10.2 Å². The Bertz CT molecular complexity index is 476. The summed E-state index contributed by atoms with van der Waals surface area (Å²) in [6.45, 7) is 14.7. The molecule has 0 saturated heterocycles. The lowest BCUT2D eigenvalue weighted by Crippen LogP contribution is -2.40. The lowest BCUT2D eigenvalue weighted by Gasteiger charge is -2.27. The molecule has 10 nitrogen and oxygen atoms in total. The summed E-state index contributed by atoms with van der Waals surface area (Å²) in [6, 6.07) is 0. The van der Waals surface area contributed by atoms with E-state index >= 15 is 0 Å². The van der Waals surface area contributed by atoms with E-state index in [1.54, 1.807) is 25.7 Å². The fourth-order valence-electron chi connectivity index (χ4n) is 2.02. The van der Waals surface area contributed by atoms with Gasteiger partial charge in [0.05, 0.1) is 39.6 Å². The maximum atomic E-state index is 12.3. The summed E-state index contributed by atoms with van der Waals surface area (Å²) in [5.41, 5.74) is 4.30. The minimum Gasteiger partial charge on any atom is -0.444 e. The van der Waals surface area contributed by atoms with E-state index < -0.39 is 23.4 Å². The fraction of sp³-hybridized carbons (Fsp3) is 0.900. The number of carbonyl (C=O) groups excluding carboxylic acids is 2. The van der Waals surface area contributed by atoms with Gasteiger partial charge in [-0.1, -0.05) is 0 Å². The summed E-state index contributed by atoms with van der Waals surface area (Å²) >= 11 is 0. The zero-order chi connectivity index (χ0) is 23.0. The van der Waals surface area contributed by atoms with Crippen LogP contribution in [-0.2, 0) is 23.7 Å². The average molecular weight is 436 g/mol. The van der Waals surface area contributed by atoms with Crippen molar-refractivity contribution in [3.8, 4) is 0 Å². The number of alkyl carbamates (subject to hydrolysis) is 1. The predicted molar refractivity (Wildman–Crippen MR) is 114 cm³/mol. The molecule has 0 aromatic heterocycles. The summed E-state index contributed by atoms with van der Waals surface area (Å²) in [5, 5.41) is 2.61. The highest BCUT2D eigenvalue weighted by molar-refractivity contribution is 5.68. The first kappa shape index (κ1) is 28.4. The third kappa shape index (κ3) is 18.4. The molecule has 178 valence electrons. The number of amides is 2. The maximum absolute atomic E-state index is 12.3. The first-order valence-electron chi connectivity index (χ1n) is 10.3. The normalized spacial score (nSPS) is 11.8. The third-order valence-electron chi connectivity index (χ3n) is 3.21. The predicted octanol–water partition coefficient (Wildman–Crippen LogP) is 1.76. The van der Waals surface area contributed by atoms with Crippen molar-refractivity contribution < 1.29 is 33.3 Å². The Balaban J connectivity index is 3.95. The van der Waals surface area contributed by atoms with Crippen LogP contribution in [-0.4, -0.2) is 94.1 Å². The Morgan fingerprint density at radius 1 is 0.767 bits per heavy atom. The van der Waals surface area contributed by atoms with Gasteiger partial charge >= 0.3 is 12.2 Å². The molecule has 0 aliphatic rings. The number of nitrogens with two attached hydrogens (primary N) is 1. The van der Waals surface area contributed by atoms with E-state index in [0.717, 1.165) is 0 Å². The van der Waals surface area contributed by atoms with E-state index in [1.807, 2.05) is 20.8 Å². The molecule has 0 heterocycles. The van der Waals surface area contributed by atoms with Crippen molar-refractivity contribution in [2.75, 3.05) is 65.8 Å². The number of nitrogens with one attached hydrogen (secondary N) is 1. The Kier molecular flexibility index (Phi) is 14.4. The molecule has 0 aliphatic heterocycles. The van der Waals surface area contributed by atoms with Gasteiger partial charge in [-0.3, -0.25) is 0 Å². The van der Waals surface area contributed by atoms with Crippen LogP contribution in [0.25, 0.3) is 0 Å². The van der Waals surface area contributed by atoms with Gasteiger partial charge in [0, 0.05) is 26.2 Å². The Morgan fingerprint density at radius 2 is 1.27 bits per heavy atom. The molecular formula is C20H41N3O7. The molecule has 0 saturated carbocycles. The molecule has 0 spiro atoms. The van der Waals surface area contributed by atoms with Crippen molar-refractivity contribution in [3.05, 3.63) is 0 Å². The molecule has 0 rings (SSSR count). The van der Waals surface area contributed by atoms with Crippen LogP contribution in [0.3, 0.4) is 0 Å². The number of nitrogens with zero attached hydrogens (tertiary/aromatic N) is 1. The largest absolute Gasteiger partial charge is 0.444 e. The van der Waals surface area contributed by atoms with Crippen LogP contribution in [0.1, 0.15) is 41.5 Å². The second kappa shape index (κ2) is 15.2. The highest BCUT2D eigenvalue weighted by atomic mass is 16.6. The van der Waals surface area contributed by atoms with Crippen LogP contribution < -0.4 is 11.1 Å². The van der Waals surface area contributed by atoms with E-state index in [1.165, 1.54) is 0 Å². The molecule has 3 N–H and O–H groups in total. The molecular weight excluding hydrogens is 394 g/mol. The molecule has 0 radical (unpaired) electrons. The molecule has 0 aliphatic carbocycles. The first-order chi connectivity index (χ1) is 13.9. The van der Waals surface area contributed by atoms with Gasteiger partial charge in [-0.05, 0) is 41.5 Å². The highest BCUT2D eigenvalue weighted by Crippen LogP contribution is 2.10. The summed E-state index contributed by atoms with van der Waals surface area (Å²) in [4.78, 5) is 25.3. The van der Waals surface area contributed by atoms with E-state index in [9.17, 15) is 9.59 Å². The quantitative estimate of drug-likeness (QED) is 0.396. The monoisotopic (exact) mass is 435 g/mol. The molecule has 0 unspecified atom stereocenters. The van der Waals surface area contributed by atoms with Gasteiger partial charge in [0.1, 0.15) is 11.2 Å². The number of rotatable bonds is 14. The van der Waals surface area contributed by atoms with Crippen molar-refractivity contribution in [2.45, 2.75) is 52.7 Å². The van der Waals surface area contributed by atoms with Crippen LogP contribution in [0.4, 0.5) is 9.59 Å². The van der Waals surface area contributed by atoms with E-state index in [-0.39, 0.29) is 0 Å². The molecule has 0 aromatic carbocycles. The van der Waals surface area contributed by atoms with Gasteiger partial charge in [0.15, 0.2) is 0 Å². The van der Waals surface area contributed by atoms with Crippen molar-refractivity contribution in [1.29, 1.82) is 0 Å². The number of hydrogen-bond acceptors (Lipinski definition) is 8. The van der Waals surface area contributed by atoms with E-state index in [0.29, 0.717) is 65.8 Å². The first-order valence-corrected chi connectivity index (χ1v) is 10.3. The van der Waals surface area contributed by atoms with Gasteiger partial charge in [-0.15, -0.1) is 0 Å². The topological polar surface area (TPSA) is 122 Å². The molecule has 30 heavy (non-hydrogen) atoms. The molecule has 0 fully saturated rings. The van der Waals surface area contributed by atoms with Gasteiger partial charge in [-0.25, -0.2) is 9.59 Å². The standard InChI is InChI=1S/C20H41N3O7/c1-19(2,3)29-17(24)22-8-12-27-15-16-28-14-10-23(9-13-26-11-7-21)18(25)30-20(4,5)6/h7-16,21H2,1-6H3,(H,22,24). The number of ether oxygens (including phenoxy) is 5. The molecule has 0 bridgehead atoms. The molecule has 0 atom stereocenters. The minimum absolute atomic E-state index is 0.343. The second-order valence-electron chi connectivity index (χ2n) is 8.52. The molecule has 2 amide bonds. The van der Waals surface area contributed by atoms with Crippen molar-refractivity contribution in [2.24, 2.45) is 5.73 Å². The molecule has 10 heteroatoms. The summed E-state index contributed by atoms with van der Waals surface area (Å²) in [6.07, 6.45) is -0.882. The third-order valence-corrected chi connectivity index (χ3v) is 3.21. The van der Waals surface area contributed by atoms with Gasteiger partial charge in [0.2, 0.25) is 0 Å². The Labute approximate surface area is 180 Å². The summed E-state index contributed by atoms with van der Waals surface area (Å²) < 4.78 is 26.8. The highest BCUT2D eigenvalue weighted by Gasteiger charge is 2.21. The minimum atomic E-state index is -0.574. The fourth-order valence-corrected chi connectivity index (χ4v) is 2.02. The van der Waals surface area contributed by atoms with Crippen molar-refractivity contribution in [3.63, 3.8) is 0 Å².